The van der Waals surface area contributed by atoms with Crippen LogP contribution in [0, 0.1) is 23.7 Å². The SMILES string of the molecule is COc1cc(C(=O)NC(c2nc(C(=O)NC34CC5CC(CC(C5)C3)C4)cs2)C(C)C)cc(OC)c1OC. The van der Waals surface area contributed by atoms with Crippen LogP contribution >= 0.6 is 11.3 Å². The monoisotopic (exact) mass is 527 g/mol. The summed E-state index contributed by atoms with van der Waals surface area (Å²) in [4.78, 5) is 31.2. The molecule has 4 aliphatic carbocycles. The summed E-state index contributed by atoms with van der Waals surface area (Å²) in [7, 11) is 4.55. The Labute approximate surface area is 222 Å². The number of aromatic nitrogens is 1. The number of methoxy groups -OCH3 is 3. The lowest BCUT2D eigenvalue weighted by molar-refractivity contribution is -0.0167. The maximum atomic E-state index is 13.3. The molecular weight excluding hydrogens is 490 g/mol. The molecule has 4 aliphatic rings. The number of hydrogen-bond donors (Lipinski definition) is 2. The number of carbonyl (C=O) groups excluding carboxylic acids is 2. The number of ether oxygens (including phenoxy) is 3. The smallest absolute Gasteiger partial charge is 0.271 e. The molecule has 2 amide bonds. The van der Waals surface area contributed by atoms with Gasteiger partial charge in [0.1, 0.15) is 10.7 Å². The third-order valence-corrected chi connectivity index (χ3v) is 9.25. The van der Waals surface area contributed by atoms with Crippen LogP contribution in [0.2, 0.25) is 0 Å². The molecule has 6 rings (SSSR count). The number of nitrogens with zero attached hydrogens (tertiary/aromatic N) is 1. The second kappa shape index (κ2) is 10.2. The first-order chi connectivity index (χ1) is 17.7. The van der Waals surface area contributed by atoms with E-state index < -0.39 is 0 Å². The van der Waals surface area contributed by atoms with Gasteiger partial charge in [-0.05, 0) is 74.3 Å². The van der Waals surface area contributed by atoms with E-state index in [0.29, 0.717) is 33.5 Å². The Bertz CT molecular complexity index is 1120. The molecule has 37 heavy (non-hydrogen) atoms. The Morgan fingerprint density at radius 1 is 0.946 bits per heavy atom. The fraction of sp³-hybridized carbons (Fsp3) is 0.607. The molecule has 4 bridgehead atoms. The molecule has 200 valence electrons. The van der Waals surface area contributed by atoms with Crippen molar-refractivity contribution in [2.24, 2.45) is 23.7 Å². The molecule has 1 heterocycles. The Balaban J connectivity index is 1.31. The first kappa shape index (κ1) is 25.8. The van der Waals surface area contributed by atoms with Crippen LogP contribution in [0.4, 0.5) is 0 Å². The van der Waals surface area contributed by atoms with Crippen molar-refractivity contribution < 1.29 is 23.8 Å². The first-order valence-corrected chi connectivity index (χ1v) is 14.0. The van der Waals surface area contributed by atoms with E-state index in [1.807, 2.05) is 19.2 Å². The fourth-order valence-corrected chi connectivity index (χ4v) is 8.07. The number of rotatable bonds is 9. The van der Waals surface area contributed by atoms with Gasteiger partial charge in [-0.25, -0.2) is 4.98 Å². The molecule has 0 saturated heterocycles. The van der Waals surface area contributed by atoms with Crippen LogP contribution in [0.25, 0.3) is 0 Å². The maximum absolute atomic E-state index is 13.3. The van der Waals surface area contributed by atoms with Crippen molar-refractivity contribution in [3.63, 3.8) is 0 Å². The molecule has 2 aromatic rings. The zero-order valence-corrected chi connectivity index (χ0v) is 23.1. The molecule has 1 unspecified atom stereocenters. The van der Waals surface area contributed by atoms with E-state index in [9.17, 15) is 9.59 Å². The lowest BCUT2D eigenvalue weighted by Gasteiger charge is -2.56. The summed E-state index contributed by atoms with van der Waals surface area (Å²) < 4.78 is 16.2. The van der Waals surface area contributed by atoms with Crippen molar-refractivity contribution in [3.8, 4) is 17.2 Å². The van der Waals surface area contributed by atoms with Gasteiger partial charge in [0.15, 0.2) is 11.5 Å². The highest BCUT2D eigenvalue weighted by Gasteiger charge is 2.51. The molecule has 4 fully saturated rings. The number of hydrogen-bond acceptors (Lipinski definition) is 7. The summed E-state index contributed by atoms with van der Waals surface area (Å²) in [5.41, 5.74) is 0.758. The topological polar surface area (TPSA) is 98.8 Å². The van der Waals surface area contributed by atoms with Gasteiger partial charge in [-0.2, -0.15) is 0 Å². The number of thiazole rings is 1. The van der Waals surface area contributed by atoms with Crippen LogP contribution in [-0.4, -0.2) is 43.7 Å². The van der Waals surface area contributed by atoms with E-state index in [2.05, 4.69) is 10.6 Å². The van der Waals surface area contributed by atoms with Gasteiger partial charge in [-0.1, -0.05) is 13.8 Å². The Morgan fingerprint density at radius 2 is 1.51 bits per heavy atom. The van der Waals surface area contributed by atoms with Crippen molar-refractivity contribution in [2.45, 2.75) is 64.0 Å². The summed E-state index contributed by atoms with van der Waals surface area (Å²) in [6.45, 7) is 4.05. The quantitative estimate of drug-likeness (QED) is 0.477. The number of amides is 2. The van der Waals surface area contributed by atoms with Crippen molar-refractivity contribution in [2.75, 3.05) is 21.3 Å². The molecule has 4 saturated carbocycles. The Kier molecular flexibility index (Phi) is 7.09. The molecular formula is C28H37N3O5S. The minimum Gasteiger partial charge on any atom is -0.493 e. The minimum atomic E-state index is -0.349. The summed E-state index contributed by atoms with van der Waals surface area (Å²) in [5.74, 6) is 3.20. The average molecular weight is 528 g/mol. The Hall–Kier alpha value is -2.81. The van der Waals surface area contributed by atoms with E-state index in [4.69, 9.17) is 19.2 Å². The van der Waals surface area contributed by atoms with Crippen molar-refractivity contribution in [3.05, 3.63) is 33.8 Å². The van der Waals surface area contributed by atoms with Crippen molar-refractivity contribution >= 4 is 23.2 Å². The third kappa shape index (κ3) is 5.02. The van der Waals surface area contributed by atoms with Crippen LogP contribution in [0.3, 0.4) is 0 Å². The van der Waals surface area contributed by atoms with Crippen LogP contribution in [0.1, 0.15) is 84.3 Å². The van der Waals surface area contributed by atoms with Gasteiger partial charge >= 0.3 is 0 Å². The summed E-state index contributed by atoms with van der Waals surface area (Å²) in [6.07, 6.45) is 7.29. The molecule has 0 radical (unpaired) electrons. The van der Waals surface area contributed by atoms with Crippen LogP contribution < -0.4 is 24.8 Å². The van der Waals surface area contributed by atoms with Gasteiger partial charge in [0.05, 0.1) is 27.4 Å². The molecule has 9 heteroatoms. The minimum absolute atomic E-state index is 0.0617. The lowest BCUT2D eigenvalue weighted by atomic mass is 9.53. The van der Waals surface area contributed by atoms with E-state index in [0.717, 1.165) is 37.0 Å². The molecule has 0 aliphatic heterocycles. The largest absolute Gasteiger partial charge is 0.493 e. The third-order valence-electron chi connectivity index (χ3n) is 8.32. The van der Waals surface area contributed by atoms with Crippen molar-refractivity contribution in [1.82, 2.24) is 15.6 Å². The summed E-state index contributed by atoms with van der Waals surface area (Å²) >= 11 is 1.41. The molecule has 0 spiro atoms. The zero-order valence-electron chi connectivity index (χ0n) is 22.3. The highest BCUT2D eigenvalue weighted by atomic mass is 32.1. The standard InChI is InChI=1S/C28H37N3O5S/c1-15(2)23(30-25(32)19-9-21(34-3)24(36-5)22(10-19)35-4)27-29-20(14-37-27)26(33)31-28-11-16-6-17(12-28)8-18(7-16)13-28/h9-10,14-18,23H,6-8,11-13H2,1-5H3,(H,30,32)(H,31,33). The second-order valence-electron chi connectivity index (χ2n) is 11.3. The van der Waals surface area contributed by atoms with E-state index in [1.165, 1.54) is 51.9 Å². The van der Waals surface area contributed by atoms with Gasteiger partial charge in [0.25, 0.3) is 11.8 Å². The summed E-state index contributed by atoms with van der Waals surface area (Å²) in [6, 6.07) is 2.90. The van der Waals surface area contributed by atoms with Gasteiger partial charge < -0.3 is 24.8 Å². The zero-order chi connectivity index (χ0) is 26.3. The highest BCUT2D eigenvalue weighted by Crippen LogP contribution is 2.55. The van der Waals surface area contributed by atoms with Gasteiger partial charge in [0.2, 0.25) is 5.75 Å². The maximum Gasteiger partial charge on any atom is 0.271 e. The van der Waals surface area contributed by atoms with Crippen LogP contribution in [-0.2, 0) is 0 Å². The predicted molar refractivity (Wildman–Crippen MR) is 142 cm³/mol. The normalized spacial score (nSPS) is 26.6. The Morgan fingerprint density at radius 3 is 2.00 bits per heavy atom. The molecule has 2 N–H and O–H groups in total. The van der Waals surface area contributed by atoms with Gasteiger partial charge in [-0.15, -0.1) is 11.3 Å². The van der Waals surface area contributed by atoms with Crippen LogP contribution in [0.5, 0.6) is 17.2 Å². The predicted octanol–water partition coefficient (Wildman–Crippen LogP) is 4.99. The van der Waals surface area contributed by atoms with Gasteiger partial charge in [0, 0.05) is 16.5 Å². The number of carbonyl (C=O) groups is 2. The van der Waals surface area contributed by atoms with Gasteiger partial charge in [-0.3, -0.25) is 9.59 Å². The van der Waals surface area contributed by atoms with E-state index >= 15 is 0 Å². The number of nitrogens with one attached hydrogen (secondary N) is 2. The van der Waals surface area contributed by atoms with E-state index in [1.54, 1.807) is 12.1 Å². The van der Waals surface area contributed by atoms with Crippen molar-refractivity contribution in [1.29, 1.82) is 0 Å². The first-order valence-electron chi connectivity index (χ1n) is 13.1. The molecule has 1 aromatic heterocycles. The fourth-order valence-electron chi connectivity index (χ4n) is 7.05. The average Bonchev–Trinajstić information content (AvgIpc) is 3.35. The number of benzene rings is 1. The molecule has 1 aromatic carbocycles. The molecule has 1 atom stereocenters. The van der Waals surface area contributed by atoms with Crippen LogP contribution in [0.15, 0.2) is 17.5 Å². The molecule has 8 nitrogen and oxygen atoms in total. The van der Waals surface area contributed by atoms with E-state index in [-0.39, 0.29) is 29.3 Å². The summed E-state index contributed by atoms with van der Waals surface area (Å²) in [5, 5.41) is 9.02. The highest BCUT2D eigenvalue weighted by molar-refractivity contribution is 7.09. The lowest BCUT2D eigenvalue weighted by Crippen LogP contribution is -2.59. The second-order valence-corrected chi connectivity index (χ2v) is 12.2.